The lowest BCUT2D eigenvalue weighted by Gasteiger charge is -2.44. The van der Waals surface area contributed by atoms with Crippen LogP contribution in [0.5, 0.6) is 11.5 Å². The highest BCUT2D eigenvalue weighted by atomic mass is 16.6. The Hall–Kier alpha value is -4.93. The fourth-order valence-corrected chi connectivity index (χ4v) is 5.85. The molecule has 42 heavy (non-hydrogen) atoms. The summed E-state index contributed by atoms with van der Waals surface area (Å²) >= 11 is 0. The first-order chi connectivity index (χ1) is 20.2. The number of nitrogens with zero attached hydrogens (tertiary/aromatic N) is 7. The summed E-state index contributed by atoms with van der Waals surface area (Å²) in [6, 6.07) is 11.8. The van der Waals surface area contributed by atoms with Gasteiger partial charge in [0.1, 0.15) is 35.3 Å². The van der Waals surface area contributed by atoms with Crippen LogP contribution in [0.2, 0.25) is 0 Å². The van der Waals surface area contributed by atoms with E-state index in [1.807, 2.05) is 79.8 Å². The molecule has 0 saturated carbocycles. The van der Waals surface area contributed by atoms with Crippen LogP contribution in [-0.4, -0.2) is 58.4 Å². The molecule has 1 aromatic carbocycles. The number of carbonyl (C=O) groups excluding carboxylic acids is 1. The first-order valence-electron chi connectivity index (χ1n) is 14.1. The molecule has 2 bridgehead atoms. The monoisotopic (exact) mass is 564 g/mol. The molecule has 2 atom stereocenters. The Bertz CT molecular complexity index is 1850. The minimum absolute atomic E-state index is 0.0106. The molecule has 1 N–H and O–H groups in total. The van der Waals surface area contributed by atoms with Crippen LogP contribution in [0.3, 0.4) is 0 Å². The summed E-state index contributed by atoms with van der Waals surface area (Å²) < 4.78 is 15.4. The number of rotatable bonds is 5. The number of carbonyl (C=O) groups is 1. The Morgan fingerprint density at radius 3 is 2.60 bits per heavy atom. The zero-order valence-corrected chi connectivity index (χ0v) is 24.0. The number of anilines is 2. The number of hydrogen-bond acceptors (Lipinski definition) is 8. The van der Waals surface area contributed by atoms with Gasteiger partial charge in [-0.25, -0.2) is 23.8 Å². The summed E-state index contributed by atoms with van der Waals surface area (Å²) in [7, 11) is 0. The van der Waals surface area contributed by atoms with Gasteiger partial charge in [-0.1, -0.05) is 6.08 Å². The van der Waals surface area contributed by atoms with Crippen LogP contribution in [-0.2, 0) is 4.74 Å². The van der Waals surface area contributed by atoms with E-state index in [0.717, 1.165) is 46.6 Å². The molecule has 1 aliphatic carbocycles. The molecule has 2 unspecified atom stereocenters. The highest BCUT2D eigenvalue weighted by molar-refractivity contribution is 5.89. The number of amides is 1. The van der Waals surface area contributed by atoms with Crippen molar-refractivity contribution in [2.75, 3.05) is 11.9 Å². The maximum atomic E-state index is 12.9. The van der Waals surface area contributed by atoms with E-state index in [4.69, 9.17) is 9.47 Å². The van der Waals surface area contributed by atoms with Crippen molar-refractivity contribution in [3.8, 4) is 11.5 Å². The number of ether oxygens (including phenoxy) is 2. The highest BCUT2D eigenvalue weighted by Gasteiger charge is 2.40. The third-order valence-electron chi connectivity index (χ3n) is 7.75. The molecule has 5 aromatic rings. The third kappa shape index (κ3) is 4.80. The highest BCUT2D eigenvalue weighted by Crippen LogP contribution is 2.43. The third-order valence-corrected chi connectivity index (χ3v) is 7.75. The minimum Gasteiger partial charge on any atom is -0.457 e. The summed E-state index contributed by atoms with van der Waals surface area (Å²) in [5.74, 6) is 2.37. The molecule has 11 heteroatoms. The lowest BCUT2D eigenvalue weighted by molar-refractivity contribution is 0.00982. The zero-order chi connectivity index (χ0) is 29.0. The number of pyridine rings is 1. The maximum absolute atomic E-state index is 12.9. The van der Waals surface area contributed by atoms with E-state index in [1.54, 1.807) is 10.8 Å². The summed E-state index contributed by atoms with van der Waals surface area (Å²) in [6.07, 6.45) is 10.8. The van der Waals surface area contributed by atoms with Gasteiger partial charge in [0, 0.05) is 42.2 Å². The van der Waals surface area contributed by atoms with Crippen molar-refractivity contribution in [1.29, 1.82) is 0 Å². The van der Waals surface area contributed by atoms with Gasteiger partial charge in [-0.15, -0.1) is 0 Å². The van der Waals surface area contributed by atoms with Gasteiger partial charge in [-0.05, 0) is 82.0 Å². The second kappa shape index (κ2) is 9.86. The molecule has 1 saturated heterocycles. The maximum Gasteiger partial charge on any atom is 0.410 e. The number of benzene rings is 1. The van der Waals surface area contributed by atoms with Crippen LogP contribution in [0.4, 0.5) is 16.3 Å². The number of nitrogens with one attached hydrogen (secondary N) is 1. The largest absolute Gasteiger partial charge is 0.457 e. The van der Waals surface area contributed by atoms with Gasteiger partial charge in [0.25, 0.3) is 0 Å². The number of aromatic nitrogens is 6. The lowest BCUT2D eigenvalue weighted by atomic mass is 9.77. The van der Waals surface area contributed by atoms with E-state index in [9.17, 15) is 4.79 Å². The topological polar surface area (TPSA) is 111 Å². The van der Waals surface area contributed by atoms with Crippen LogP contribution in [0.1, 0.15) is 44.7 Å². The van der Waals surface area contributed by atoms with Crippen molar-refractivity contribution < 1.29 is 14.3 Å². The summed E-state index contributed by atoms with van der Waals surface area (Å²) in [5, 5.41) is 12.1. The van der Waals surface area contributed by atoms with E-state index in [0.29, 0.717) is 18.1 Å². The smallest absolute Gasteiger partial charge is 0.410 e. The Balaban J connectivity index is 1.15. The van der Waals surface area contributed by atoms with Crippen molar-refractivity contribution in [1.82, 2.24) is 34.1 Å². The van der Waals surface area contributed by atoms with Crippen molar-refractivity contribution in [2.45, 2.75) is 52.2 Å². The standard InChI is InChI=1S/C31H32N8O3/c1-19-13-21(6-8-26(19)41-23-9-11-38-27(15-23)32-17-34-38)36-29-28-24(10-12-39(28)35-18-33-29)25-14-22-7-5-20(25)16-37(22)30(40)42-31(2,3)4/h6,8-15,17-18,20,22H,5,7,16H2,1-4H3,(H,33,35,36). The Kier molecular flexibility index (Phi) is 6.10. The number of aryl methyl sites for hydroxylation is 1. The fourth-order valence-electron chi connectivity index (χ4n) is 5.85. The second-order valence-electron chi connectivity index (χ2n) is 11.9. The van der Waals surface area contributed by atoms with E-state index in [1.165, 1.54) is 11.9 Å². The molecule has 8 rings (SSSR count). The van der Waals surface area contributed by atoms with Crippen molar-refractivity contribution >= 4 is 34.3 Å². The van der Waals surface area contributed by atoms with E-state index >= 15 is 0 Å². The van der Waals surface area contributed by atoms with Crippen molar-refractivity contribution in [3.63, 3.8) is 0 Å². The lowest BCUT2D eigenvalue weighted by Crippen LogP contribution is -2.51. The van der Waals surface area contributed by atoms with Gasteiger partial charge in [-0.2, -0.15) is 10.2 Å². The fraction of sp³-hybridized carbons (Fsp3) is 0.323. The molecule has 0 spiro atoms. The summed E-state index contributed by atoms with van der Waals surface area (Å²) in [5.41, 5.74) is 5.27. The molecule has 6 heterocycles. The van der Waals surface area contributed by atoms with Gasteiger partial charge in [-0.3, -0.25) is 0 Å². The van der Waals surface area contributed by atoms with Gasteiger partial charge in [0.05, 0.1) is 6.04 Å². The van der Waals surface area contributed by atoms with E-state index < -0.39 is 5.60 Å². The van der Waals surface area contributed by atoms with Crippen molar-refractivity contribution in [2.24, 2.45) is 5.92 Å². The van der Waals surface area contributed by atoms with Crippen LogP contribution in [0.25, 0.3) is 16.7 Å². The first-order valence-corrected chi connectivity index (χ1v) is 14.1. The second-order valence-corrected chi connectivity index (χ2v) is 11.9. The molecule has 3 aliphatic rings. The molecule has 1 fully saturated rings. The van der Waals surface area contributed by atoms with Crippen LogP contribution >= 0.6 is 0 Å². The van der Waals surface area contributed by atoms with Crippen LogP contribution in [0, 0.1) is 12.8 Å². The molecule has 1 amide bonds. The van der Waals surface area contributed by atoms with Crippen LogP contribution in [0.15, 0.2) is 67.5 Å². The average molecular weight is 565 g/mol. The van der Waals surface area contributed by atoms with Crippen LogP contribution < -0.4 is 10.1 Å². The Morgan fingerprint density at radius 2 is 1.81 bits per heavy atom. The molecule has 214 valence electrons. The van der Waals surface area contributed by atoms with Gasteiger partial charge in [0.2, 0.25) is 0 Å². The summed E-state index contributed by atoms with van der Waals surface area (Å²) in [6.45, 7) is 8.35. The number of fused-ring (bicyclic) bond motifs is 4. The van der Waals surface area contributed by atoms with Gasteiger partial charge in [0.15, 0.2) is 11.5 Å². The minimum atomic E-state index is -0.522. The summed E-state index contributed by atoms with van der Waals surface area (Å²) in [4.78, 5) is 23.6. The Morgan fingerprint density at radius 1 is 1.00 bits per heavy atom. The molecule has 0 radical (unpaired) electrons. The molecule has 11 nitrogen and oxygen atoms in total. The quantitative estimate of drug-likeness (QED) is 0.276. The van der Waals surface area contributed by atoms with E-state index in [-0.39, 0.29) is 18.1 Å². The molecular formula is C31H32N8O3. The predicted molar refractivity (Wildman–Crippen MR) is 158 cm³/mol. The Labute approximate surface area is 242 Å². The van der Waals surface area contributed by atoms with E-state index in [2.05, 4.69) is 37.6 Å². The normalized spacial score (nSPS) is 18.4. The number of hydrogen-bond donors (Lipinski definition) is 1. The predicted octanol–water partition coefficient (Wildman–Crippen LogP) is 6.03. The van der Waals surface area contributed by atoms with Gasteiger partial charge >= 0.3 is 6.09 Å². The first kappa shape index (κ1) is 26.0. The SMILES string of the molecule is Cc1cc(Nc2ncnn3ccc(C4=CC5CCC4CN5C(=O)OC(C)(C)C)c23)ccc1Oc1ccn2ncnc2c1. The molecule has 2 aliphatic heterocycles. The number of piperidine rings is 1. The van der Waals surface area contributed by atoms with Crippen molar-refractivity contribution in [3.05, 3.63) is 78.6 Å². The average Bonchev–Trinajstić information content (AvgIpc) is 3.61. The molecular weight excluding hydrogens is 532 g/mol. The van der Waals surface area contributed by atoms with Gasteiger partial charge < -0.3 is 19.7 Å². The zero-order valence-electron chi connectivity index (χ0n) is 24.0. The molecule has 4 aromatic heterocycles.